The van der Waals surface area contributed by atoms with Gasteiger partial charge in [-0.3, -0.25) is 4.98 Å². The van der Waals surface area contributed by atoms with Crippen molar-refractivity contribution in [1.82, 2.24) is 4.98 Å². The molecule has 3 nitrogen and oxygen atoms in total. The smallest absolute Gasteiger partial charge is 0.0909 e. The molecule has 0 aliphatic heterocycles. The third-order valence-corrected chi connectivity index (χ3v) is 3.55. The van der Waals surface area contributed by atoms with Crippen molar-refractivity contribution in [3.8, 4) is 0 Å². The van der Waals surface area contributed by atoms with E-state index in [2.05, 4.69) is 27.5 Å². The number of anilines is 1. The molecule has 0 unspecified atom stereocenters. The third kappa shape index (κ3) is 3.08. The van der Waals surface area contributed by atoms with Crippen molar-refractivity contribution in [2.24, 2.45) is 0 Å². The van der Waals surface area contributed by atoms with Crippen LogP contribution < -0.4 is 4.90 Å². The second-order valence-electron chi connectivity index (χ2n) is 4.07. The zero-order valence-corrected chi connectivity index (χ0v) is 12.7. The molecular formula is C14H14BrClN2O. The molecule has 1 heterocycles. The summed E-state index contributed by atoms with van der Waals surface area (Å²) in [6.45, 7) is 5.03. The van der Waals surface area contributed by atoms with Gasteiger partial charge in [0.25, 0.3) is 0 Å². The van der Waals surface area contributed by atoms with Gasteiger partial charge in [0.15, 0.2) is 0 Å². The molecule has 0 amide bonds. The summed E-state index contributed by atoms with van der Waals surface area (Å²) < 4.78 is 0.904. The van der Waals surface area contributed by atoms with Crippen LogP contribution in [0.25, 0.3) is 10.9 Å². The van der Waals surface area contributed by atoms with E-state index in [1.165, 1.54) is 0 Å². The largest absolute Gasteiger partial charge is 0.395 e. The first-order valence-electron chi connectivity index (χ1n) is 5.88. The van der Waals surface area contributed by atoms with Crippen LogP contribution in [0.5, 0.6) is 0 Å². The van der Waals surface area contributed by atoms with E-state index in [0.29, 0.717) is 18.1 Å². The van der Waals surface area contributed by atoms with Gasteiger partial charge in [-0.05, 0) is 18.2 Å². The standard InChI is InChI=1S/C14H14BrClN2O/c1-2-5-18(6-7-19)13-3-4-17-14-11(13)8-10(15)9-12(14)16/h2-4,8-9,19H,1,5-7H2. The van der Waals surface area contributed by atoms with Crippen molar-refractivity contribution in [2.75, 3.05) is 24.6 Å². The van der Waals surface area contributed by atoms with E-state index < -0.39 is 0 Å². The second kappa shape index (κ2) is 6.37. The molecule has 1 N–H and O–H groups in total. The Morgan fingerprint density at radius 1 is 1.47 bits per heavy atom. The highest BCUT2D eigenvalue weighted by atomic mass is 79.9. The number of aliphatic hydroxyl groups is 1. The highest BCUT2D eigenvalue weighted by molar-refractivity contribution is 9.10. The lowest BCUT2D eigenvalue weighted by atomic mass is 10.1. The number of hydrogen-bond acceptors (Lipinski definition) is 3. The van der Waals surface area contributed by atoms with E-state index in [-0.39, 0.29) is 6.61 Å². The number of nitrogens with zero attached hydrogens (tertiary/aromatic N) is 2. The summed E-state index contributed by atoms with van der Waals surface area (Å²) >= 11 is 9.66. The number of rotatable bonds is 5. The quantitative estimate of drug-likeness (QED) is 0.844. The lowest BCUT2D eigenvalue weighted by Crippen LogP contribution is -2.26. The molecule has 0 aliphatic carbocycles. The van der Waals surface area contributed by atoms with Crippen LogP contribution in [0.3, 0.4) is 0 Å². The Labute approximate surface area is 125 Å². The maximum atomic E-state index is 9.18. The molecule has 0 spiro atoms. The molecule has 1 aromatic carbocycles. The monoisotopic (exact) mass is 340 g/mol. The number of pyridine rings is 1. The van der Waals surface area contributed by atoms with E-state index in [4.69, 9.17) is 11.6 Å². The number of benzene rings is 1. The average Bonchev–Trinajstić information content (AvgIpc) is 2.38. The van der Waals surface area contributed by atoms with Gasteiger partial charge in [-0.15, -0.1) is 6.58 Å². The van der Waals surface area contributed by atoms with Crippen molar-refractivity contribution in [3.63, 3.8) is 0 Å². The molecular weight excluding hydrogens is 328 g/mol. The summed E-state index contributed by atoms with van der Waals surface area (Å²) in [5, 5.41) is 10.7. The summed E-state index contributed by atoms with van der Waals surface area (Å²) in [6, 6.07) is 5.73. The van der Waals surface area contributed by atoms with Crippen molar-refractivity contribution in [2.45, 2.75) is 0 Å². The van der Waals surface area contributed by atoms with Crippen LogP contribution in [0.15, 0.2) is 41.5 Å². The van der Waals surface area contributed by atoms with Crippen molar-refractivity contribution in [1.29, 1.82) is 0 Å². The molecule has 0 radical (unpaired) electrons. The molecule has 100 valence electrons. The fourth-order valence-electron chi connectivity index (χ4n) is 2.03. The molecule has 0 aliphatic rings. The Kier molecular flexibility index (Phi) is 4.80. The summed E-state index contributed by atoms with van der Waals surface area (Å²) in [7, 11) is 0. The molecule has 0 bridgehead atoms. The van der Waals surface area contributed by atoms with Crippen LogP contribution in [0.1, 0.15) is 0 Å². The number of hydrogen-bond donors (Lipinski definition) is 1. The minimum Gasteiger partial charge on any atom is -0.395 e. The summed E-state index contributed by atoms with van der Waals surface area (Å²) in [5.74, 6) is 0. The molecule has 0 atom stereocenters. The number of aliphatic hydroxyl groups excluding tert-OH is 1. The second-order valence-corrected chi connectivity index (χ2v) is 5.40. The molecule has 0 saturated heterocycles. The lowest BCUT2D eigenvalue weighted by Gasteiger charge is -2.24. The molecule has 0 fully saturated rings. The zero-order valence-electron chi connectivity index (χ0n) is 10.3. The zero-order chi connectivity index (χ0) is 13.8. The van der Waals surface area contributed by atoms with Gasteiger partial charge >= 0.3 is 0 Å². The minimum absolute atomic E-state index is 0.0827. The number of aromatic nitrogens is 1. The van der Waals surface area contributed by atoms with Crippen LogP contribution in [0.2, 0.25) is 5.02 Å². The van der Waals surface area contributed by atoms with Gasteiger partial charge in [0.2, 0.25) is 0 Å². The molecule has 5 heteroatoms. The highest BCUT2D eigenvalue weighted by Gasteiger charge is 2.11. The van der Waals surface area contributed by atoms with E-state index in [1.54, 1.807) is 6.20 Å². The summed E-state index contributed by atoms with van der Waals surface area (Å²) in [4.78, 5) is 6.36. The highest BCUT2D eigenvalue weighted by Crippen LogP contribution is 2.32. The predicted molar refractivity (Wildman–Crippen MR) is 83.9 cm³/mol. The van der Waals surface area contributed by atoms with Crippen LogP contribution in [-0.4, -0.2) is 29.8 Å². The van der Waals surface area contributed by atoms with Crippen molar-refractivity contribution < 1.29 is 5.11 Å². The fraction of sp³-hybridized carbons (Fsp3) is 0.214. The Bertz CT molecular complexity index is 603. The first-order chi connectivity index (χ1) is 9.17. The Morgan fingerprint density at radius 3 is 2.95 bits per heavy atom. The molecule has 1 aromatic heterocycles. The summed E-state index contributed by atoms with van der Waals surface area (Å²) in [5.41, 5.74) is 1.75. The SMILES string of the molecule is C=CCN(CCO)c1ccnc2c(Cl)cc(Br)cc12. The lowest BCUT2D eigenvalue weighted by molar-refractivity contribution is 0.303. The fourth-order valence-corrected chi connectivity index (χ4v) is 2.88. The van der Waals surface area contributed by atoms with Crippen LogP contribution in [0, 0.1) is 0 Å². The Hall–Kier alpha value is -1.10. The maximum absolute atomic E-state index is 9.18. The van der Waals surface area contributed by atoms with E-state index in [1.807, 2.05) is 29.2 Å². The van der Waals surface area contributed by atoms with E-state index in [9.17, 15) is 5.11 Å². The third-order valence-electron chi connectivity index (χ3n) is 2.80. The first-order valence-corrected chi connectivity index (χ1v) is 7.05. The van der Waals surface area contributed by atoms with Gasteiger partial charge < -0.3 is 10.0 Å². The van der Waals surface area contributed by atoms with Crippen molar-refractivity contribution >= 4 is 44.1 Å². The average molecular weight is 342 g/mol. The van der Waals surface area contributed by atoms with Gasteiger partial charge in [-0.2, -0.15) is 0 Å². The van der Waals surface area contributed by atoms with Crippen LogP contribution >= 0.6 is 27.5 Å². The van der Waals surface area contributed by atoms with Crippen LogP contribution in [-0.2, 0) is 0 Å². The van der Waals surface area contributed by atoms with E-state index in [0.717, 1.165) is 21.1 Å². The van der Waals surface area contributed by atoms with Gasteiger partial charge in [-0.1, -0.05) is 33.6 Å². The van der Waals surface area contributed by atoms with Crippen molar-refractivity contribution in [3.05, 3.63) is 46.5 Å². The Balaban J connectivity index is 2.61. The van der Waals surface area contributed by atoms with Gasteiger partial charge in [0, 0.05) is 34.8 Å². The summed E-state index contributed by atoms with van der Waals surface area (Å²) in [6.07, 6.45) is 3.53. The van der Waals surface area contributed by atoms with Gasteiger partial charge in [0.1, 0.15) is 0 Å². The molecule has 19 heavy (non-hydrogen) atoms. The number of fused-ring (bicyclic) bond motifs is 1. The van der Waals surface area contributed by atoms with Gasteiger partial charge in [-0.25, -0.2) is 0 Å². The molecule has 2 aromatic rings. The minimum atomic E-state index is 0.0827. The maximum Gasteiger partial charge on any atom is 0.0909 e. The van der Waals surface area contributed by atoms with E-state index >= 15 is 0 Å². The number of halogens is 2. The van der Waals surface area contributed by atoms with Gasteiger partial charge in [0.05, 0.1) is 17.1 Å². The first kappa shape index (κ1) is 14.3. The Morgan fingerprint density at radius 2 is 2.26 bits per heavy atom. The normalized spacial score (nSPS) is 10.7. The molecule has 2 rings (SSSR count). The van der Waals surface area contributed by atoms with Crippen LogP contribution in [0.4, 0.5) is 5.69 Å². The molecule has 0 saturated carbocycles. The predicted octanol–water partition coefficient (Wildman–Crippen LogP) is 3.64. The topological polar surface area (TPSA) is 36.4 Å².